The molecule has 5 aromatic rings. The summed E-state index contributed by atoms with van der Waals surface area (Å²) < 4.78 is 54.1. The number of amides is 1. The molecule has 0 saturated carbocycles. The zero-order valence-electron chi connectivity index (χ0n) is 35.5. The number of rotatable bonds is 19. The monoisotopic (exact) mass is 866 g/mol. The van der Waals surface area contributed by atoms with E-state index >= 15 is 0 Å². The number of hydrogen-bond donors (Lipinski definition) is 2. The Hall–Kier alpha value is -5.37. The maximum Gasteiger partial charge on any atom is 0.330 e. The van der Waals surface area contributed by atoms with Gasteiger partial charge in [0.15, 0.2) is 12.0 Å². The van der Waals surface area contributed by atoms with Crippen LogP contribution in [0.15, 0.2) is 119 Å². The summed E-state index contributed by atoms with van der Waals surface area (Å²) in [5, 5.41) is 11.9. The summed E-state index contributed by atoms with van der Waals surface area (Å²) in [7, 11) is 0. The highest BCUT2D eigenvalue weighted by Gasteiger charge is 2.56. The van der Waals surface area contributed by atoms with Crippen LogP contribution in [0.2, 0.25) is 0 Å². The van der Waals surface area contributed by atoms with E-state index in [2.05, 4.69) is 20.6 Å². The number of H-pyrrole nitrogens is 1. The SMILES string of the molecule is CC(=O)N[C@@H]1[C@@H](OCc2ccccc2)[C@H](OCc2ccccc2)[C@@H](COCc2ccccc2)O[C@@H]1CCn1cc(COC[C@H]2O[C@@H](n3ccc(=O)[nH]c3=O)[C@@H]3OC(C)(C)O[C@@H]32)nn1. The molecule has 3 aliphatic rings. The van der Waals surface area contributed by atoms with E-state index in [4.69, 9.17) is 37.9 Å². The summed E-state index contributed by atoms with van der Waals surface area (Å²) in [6, 6.07) is 30.4. The van der Waals surface area contributed by atoms with Crippen molar-refractivity contribution in [2.24, 2.45) is 0 Å². The van der Waals surface area contributed by atoms with Crippen LogP contribution in [-0.2, 0) is 75.7 Å². The molecule has 0 aliphatic carbocycles. The van der Waals surface area contributed by atoms with Crippen LogP contribution >= 0.6 is 0 Å². The van der Waals surface area contributed by atoms with Gasteiger partial charge in [0, 0.05) is 25.7 Å². The van der Waals surface area contributed by atoms with E-state index in [0.29, 0.717) is 38.5 Å². The van der Waals surface area contributed by atoms with Crippen molar-refractivity contribution in [1.29, 1.82) is 0 Å². The molecule has 63 heavy (non-hydrogen) atoms. The fourth-order valence-electron chi connectivity index (χ4n) is 8.30. The third-order valence-corrected chi connectivity index (χ3v) is 11.1. The average Bonchev–Trinajstić information content (AvgIpc) is 3.96. The Morgan fingerprint density at radius 2 is 1.35 bits per heavy atom. The molecule has 0 unspecified atom stereocenters. The normalized spacial score (nSPS) is 26.4. The van der Waals surface area contributed by atoms with Gasteiger partial charge in [-0.15, -0.1) is 5.10 Å². The summed E-state index contributed by atoms with van der Waals surface area (Å²) in [6.45, 7) is 6.90. The molecule has 3 fully saturated rings. The molecule has 334 valence electrons. The fraction of sp³-hybridized carbons (Fsp3) is 0.457. The van der Waals surface area contributed by atoms with Crippen molar-refractivity contribution in [3.63, 3.8) is 0 Å². The number of aromatic amines is 1. The Morgan fingerprint density at radius 1 is 0.746 bits per heavy atom. The molecule has 9 atom stereocenters. The first-order valence-corrected chi connectivity index (χ1v) is 21.2. The molecule has 1 amide bonds. The van der Waals surface area contributed by atoms with Crippen molar-refractivity contribution in [3.8, 4) is 0 Å². The second-order valence-corrected chi connectivity index (χ2v) is 16.4. The predicted octanol–water partition coefficient (Wildman–Crippen LogP) is 3.81. The predicted molar refractivity (Wildman–Crippen MR) is 226 cm³/mol. The molecule has 17 nitrogen and oxygen atoms in total. The first-order chi connectivity index (χ1) is 30.6. The molecular weight excluding hydrogens is 813 g/mol. The second-order valence-electron chi connectivity index (χ2n) is 16.4. The molecule has 3 aromatic carbocycles. The number of carbonyl (C=O) groups excluding carboxylic acids is 1. The Kier molecular flexibility index (Phi) is 14.3. The molecule has 5 heterocycles. The standard InChI is InChI=1S/C46H54N6O11/c1-30(53)47-39-35(19-21-51-23-34(49-50-51)27-57-29-37-41-43(63-46(2,3)62-41)44(61-37)52-22-20-38(54)48-45(52)55)60-36(28-56-24-31-13-7-4-8-14-31)40(58-25-32-15-9-5-10-16-32)42(39)59-26-33-17-11-6-12-18-33/h4-18,20,22-23,35-37,39-44H,19,21,24-29H2,1-3H3,(H,47,53)(H,48,54,55)/t35-,36-,37-,39+,40-,41-,42-,43-,44-/m1/s1. The summed E-state index contributed by atoms with van der Waals surface area (Å²) in [5.41, 5.74) is 2.46. The lowest BCUT2D eigenvalue weighted by atomic mass is 9.90. The number of ether oxygens (including phenoxy) is 8. The first kappa shape index (κ1) is 44.2. The third kappa shape index (κ3) is 11.4. The Morgan fingerprint density at radius 3 is 2.00 bits per heavy atom. The number of hydrogen-bond acceptors (Lipinski definition) is 13. The van der Waals surface area contributed by atoms with Gasteiger partial charge in [-0.25, -0.2) is 4.79 Å². The summed E-state index contributed by atoms with van der Waals surface area (Å²) in [5.74, 6) is -1.14. The van der Waals surface area contributed by atoms with Crippen LogP contribution in [0.5, 0.6) is 0 Å². The maximum absolute atomic E-state index is 12.9. The van der Waals surface area contributed by atoms with Crippen molar-refractivity contribution in [3.05, 3.63) is 153 Å². The van der Waals surface area contributed by atoms with E-state index in [9.17, 15) is 14.4 Å². The van der Waals surface area contributed by atoms with Crippen LogP contribution in [0, 0.1) is 0 Å². The van der Waals surface area contributed by atoms with Crippen LogP contribution in [0.3, 0.4) is 0 Å². The lowest BCUT2D eigenvalue weighted by molar-refractivity contribution is -0.233. The summed E-state index contributed by atoms with van der Waals surface area (Å²) in [4.78, 5) is 39.5. The number of aryl methyl sites for hydroxylation is 1. The van der Waals surface area contributed by atoms with Crippen LogP contribution in [-0.4, -0.2) is 98.2 Å². The van der Waals surface area contributed by atoms with Crippen molar-refractivity contribution >= 4 is 5.91 Å². The minimum Gasteiger partial charge on any atom is -0.374 e. The van der Waals surface area contributed by atoms with Gasteiger partial charge in [-0.1, -0.05) is 96.2 Å². The fourth-order valence-corrected chi connectivity index (χ4v) is 8.30. The number of carbonyl (C=O) groups is 1. The Bertz CT molecular complexity index is 2340. The highest BCUT2D eigenvalue weighted by atomic mass is 16.8. The zero-order valence-corrected chi connectivity index (χ0v) is 35.5. The number of nitrogens with zero attached hydrogens (tertiary/aromatic N) is 4. The molecule has 2 aromatic heterocycles. The quantitative estimate of drug-likeness (QED) is 0.122. The van der Waals surface area contributed by atoms with Crippen LogP contribution in [0.25, 0.3) is 0 Å². The van der Waals surface area contributed by atoms with Crippen molar-refractivity contribution in [1.82, 2.24) is 29.9 Å². The van der Waals surface area contributed by atoms with Crippen LogP contribution in [0.1, 0.15) is 55.8 Å². The highest BCUT2D eigenvalue weighted by Crippen LogP contribution is 2.42. The molecule has 3 aliphatic heterocycles. The number of nitrogens with one attached hydrogen (secondary N) is 2. The van der Waals surface area contributed by atoms with Gasteiger partial charge in [-0.2, -0.15) is 0 Å². The van der Waals surface area contributed by atoms with Gasteiger partial charge in [0.05, 0.1) is 58.0 Å². The van der Waals surface area contributed by atoms with E-state index in [1.807, 2.05) is 91.0 Å². The molecule has 0 spiro atoms. The average molecular weight is 867 g/mol. The van der Waals surface area contributed by atoms with Gasteiger partial charge >= 0.3 is 5.69 Å². The van der Waals surface area contributed by atoms with Gasteiger partial charge in [0.2, 0.25) is 5.91 Å². The van der Waals surface area contributed by atoms with Gasteiger partial charge < -0.3 is 43.2 Å². The van der Waals surface area contributed by atoms with Gasteiger partial charge in [-0.05, 0) is 37.0 Å². The van der Waals surface area contributed by atoms with Crippen molar-refractivity contribution in [2.75, 3.05) is 13.2 Å². The van der Waals surface area contributed by atoms with E-state index in [-0.39, 0.29) is 25.7 Å². The largest absolute Gasteiger partial charge is 0.374 e. The third-order valence-electron chi connectivity index (χ3n) is 11.1. The first-order valence-electron chi connectivity index (χ1n) is 21.2. The molecule has 8 rings (SSSR count). The van der Waals surface area contributed by atoms with E-state index < -0.39 is 72.0 Å². The number of benzene rings is 3. The minimum atomic E-state index is -0.912. The topological polar surface area (TPSA) is 189 Å². The van der Waals surface area contributed by atoms with E-state index in [1.165, 1.54) is 23.8 Å². The van der Waals surface area contributed by atoms with E-state index in [1.54, 1.807) is 24.7 Å². The Labute approximate surface area is 364 Å². The smallest absolute Gasteiger partial charge is 0.330 e. The molecule has 17 heteroatoms. The Balaban J connectivity index is 0.952. The van der Waals surface area contributed by atoms with Crippen LogP contribution in [0.4, 0.5) is 0 Å². The molecule has 2 N–H and O–H groups in total. The van der Waals surface area contributed by atoms with Crippen molar-refractivity contribution in [2.45, 2.75) is 121 Å². The summed E-state index contributed by atoms with van der Waals surface area (Å²) >= 11 is 0. The van der Waals surface area contributed by atoms with Gasteiger partial charge in [0.1, 0.15) is 42.3 Å². The van der Waals surface area contributed by atoms with Crippen LogP contribution < -0.4 is 16.6 Å². The molecule has 0 bridgehead atoms. The number of aromatic nitrogens is 5. The zero-order chi connectivity index (χ0) is 43.8. The number of fused-ring (bicyclic) bond motifs is 1. The highest BCUT2D eigenvalue weighted by molar-refractivity contribution is 5.73. The second kappa shape index (κ2) is 20.4. The van der Waals surface area contributed by atoms with Gasteiger partial charge in [-0.3, -0.25) is 23.8 Å². The molecule has 3 saturated heterocycles. The van der Waals surface area contributed by atoms with Crippen molar-refractivity contribution < 1.29 is 42.7 Å². The lowest BCUT2D eigenvalue weighted by Crippen LogP contribution is -2.65. The molecular formula is C46H54N6O11. The minimum absolute atomic E-state index is 0.113. The lowest BCUT2D eigenvalue weighted by Gasteiger charge is -2.46. The maximum atomic E-state index is 12.9. The van der Waals surface area contributed by atoms with E-state index in [0.717, 1.165) is 16.7 Å². The summed E-state index contributed by atoms with van der Waals surface area (Å²) in [6.07, 6.45) is -1.20. The molecule has 0 radical (unpaired) electrons. The van der Waals surface area contributed by atoms with Gasteiger partial charge in [0.25, 0.3) is 5.56 Å².